The van der Waals surface area contributed by atoms with Crippen LogP contribution in [0.2, 0.25) is 0 Å². The van der Waals surface area contributed by atoms with Crippen molar-refractivity contribution in [3.05, 3.63) is 88.1 Å². The summed E-state index contributed by atoms with van der Waals surface area (Å²) >= 11 is 11.0. The number of rotatable bonds is 5. The Bertz CT molecular complexity index is 1350. The first-order valence-electron chi connectivity index (χ1n) is 9.48. The van der Waals surface area contributed by atoms with Crippen molar-refractivity contribution in [3.8, 4) is 0 Å². The molecule has 33 heavy (non-hydrogen) atoms. The first kappa shape index (κ1) is 22.3. The first-order valence-corrected chi connectivity index (χ1v) is 10.2. The van der Waals surface area contributed by atoms with Crippen molar-refractivity contribution in [2.24, 2.45) is 0 Å². The number of pyridine rings is 1. The topological polar surface area (TPSA) is 114 Å². The fraction of sp³-hybridized carbons (Fsp3) is 0.0435. The molecule has 0 radical (unpaired) electrons. The molecule has 0 saturated heterocycles. The standard InChI is InChI=1S/C23H13Cl2N3O5/c1-11-3-2-6-26-20(11)28-22(32)16-5-4-12(10-17(16)23(28)33)21(31)27-15-8-13(18(24)29)7-14(9-15)19(25)30/h2-10H,1H3,(H,27,31). The van der Waals surface area contributed by atoms with Gasteiger partial charge in [0, 0.05) is 28.6 Å². The predicted molar refractivity (Wildman–Crippen MR) is 121 cm³/mol. The van der Waals surface area contributed by atoms with Gasteiger partial charge in [0.1, 0.15) is 5.82 Å². The summed E-state index contributed by atoms with van der Waals surface area (Å²) in [5.41, 5.74) is 0.956. The molecule has 8 nitrogen and oxygen atoms in total. The Morgan fingerprint density at radius 3 is 2.09 bits per heavy atom. The summed E-state index contributed by atoms with van der Waals surface area (Å²) in [7, 11) is 0. The number of carbonyl (C=O) groups excluding carboxylic acids is 5. The van der Waals surface area contributed by atoms with Crippen molar-refractivity contribution >= 4 is 62.9 Å². The molecule has 1 aromatic heterocycles. The van der Waals surface area contributed by atoms with Crippen molar-refractivity contribution in [2.75, 3.05) is 10.2 Å². The van der Waals surface area contributed by atoms with E-state index in [9.17, 15) is 24.0 Å². The van der Waals surface area contributed by atoms with Gasteiger partial charge in [0.2, 0.25) is 0 Å². The lowest BCUT2D eigenvalue weighted by atomic mass is 10.0. The van der Waals surface area contributed by atoms with E-state index in [0.29, 0.717) is 5.56 Å². The monoisotopic (exact) mass is 481 g/mol. The minimum Gasteiger partial charge on any atom is -0.322 e. The number of carbonyl (C=O) groups is 5. The van der Waals surface area contributed by atoms with Crippen molar-refractivity contribution in [1.29, 1.82) is 0 Å². The van der Waals surface area contributed by atoms with Gasteiger partial charge in [-0.2, -0.15) is 0 Å². The van der Waals surface area contributed by atoms with Crippen molar-refractivity contribution < 1.29 is 24.0 Å². The van der Waals surface area contributed by atoms with Gasteiger partial charge in [0.15, 0.2) is 0 Å². The third-order valence-electron chi connectivity index (χ3n) is 4.99. The van der Waals surface area contributed by atoms with Crippen LogP contribution < -0.4 is 10.2 Å². The number of hydrogen-bond donors (Lipinski definition) is 1. The van der Waals surface area contributed by atoms with E-state index in [1.165, 1.54) is 42.6 Å². The second kappa shape index (κ2) is 8.57. The van der Waals surface area contributed by atoms with Crippen LogP contribution in [0.1, 0.15) is 57.4 Å². The lowest BCUT2D eigenvalue weighted by molar-refractivity contribution is 0.0922. The Morgan fingerprint density at radius 2 is 1.48 bits per heavy atom. The van der Waals surface area contributed by atoms with E-state index in [1.807, 2.05) is 0 Å². The molecular weight excluding hydrogens is 469 g/mol. The lowest BCUT2D eigenvalue weighted by Gasteiger charge is -2.14. The molecule has 0 aliphatic carbocycles. The molecule has 3 amide bonds. The molecule has 2 heterocycles. The Labute approximate surface area is 197 Å². The molecule has 0 unspecified atom stereocenters. The van der Waals surface area contributed by atoms with Crippen LogP contribution in [0.25, 0.3) is 0 Å². The van der Waals surface area contributed by atoms with Crippen molar-refractivity contribution in [1.82, 2.24) is 4.98 Å². The molecular formula is C23H13Cl2N3O5. The van der Waals surface area contributed by atoms with Crippen LogP contribution in [0.5, 0.6) is 0 Å². The number of anilines is 2. The summed E-state index contributed by atoms with van der Waals surface area (Å²) in [5.74, 6) is -1.56. The Kier molecular flexibility index (Phi) is 5.80. The van der Waals surface area contributed by atoms with Crippen molar-refractivity contribution in [3.63, 3.8) is 0 Å². The number of aryl methyl sites for hydroxylation is 1. The predicted octanol–water partition coefficient (Wildman–Crippen LogP) is 4.20. The molecule has 1 aliphatic heterocycles. The number of hydrogen-bond acceptors (Lipinski definition) is 6. The number of halogens is 2. The smallest absolute Gasteiger partial charge is 0.267 e. The van der Waals surface area contributed by atoms with Gasteiger partial charge in [-0.15, -0.1) is 0 Å². The van der Waals surface area contributed by atoms with Gasteiger partial charge in [-0.1, -0.05) is 6.07 Å². The summed E-state index contributed by atoms with van der Waals surface area (Å²) in [6.07, 6.45) is 1.48. The van der Waals surface area contributed by atoms with E-state index in [-0.39, 0.29) is 39.3 Å². The minimum absolute atomic E-state index is 0.0328. The molecule has 10 heteroatoms. The highest BCUT2D eigenvalue weighted by atomic mass is 35.5. The summed E-state index contributed by atoms with van der Waals surface area (Å²) in [4.78, 5) is 66.7. The van der Waals surface area contributed by atoms with E-state index >= 15 is 0 Å². The lowest BCUT2D eigenvalue weighted by Crippen LogP contribution is -2.30. The maximum atomic E-state index is 13.0. The van der Waals surface area contributed by atoms with E-state index in [4.69, 9.17) is 23.2 Å². The molecule has 0 saturated carbocycles. The molecule has 0 bridgehead atoms. The SMILES string of the molecule is Cc1cccnc1N1C(=O)c2ccc(C(=O)Nc3cc(C(=O)Cl)cc(C(=O)Cl)c3)cc2C1=O. The van der Waals surface area contributed by atoms with Gasteiger partial charge in [0.05, 0.1) is 11.1 Å². The van der Waals surface area contributed by atoms with E-state index in [0.717, 1.165) is 4.90 Å². The van der Waals surface area contributed by atoms with E-state index in [2.05, 4.69) is 10.3 Å². The molecule has 0 fully saturated rings. The maximum absolute atomic E-state index is 13.0. The normalized spacial score (nSPS) is 12.5. The minimum atomic E-state index is -0.836. The first-order chi connectivity index (χ1) is 15.7. The second-order valence-corrected chi connectivity index (χ2v) is 7.84. The fourth-order valence-electron chi connectivity index (χ4n) is 3.42. The third kappa shape index (κ3) is 4.13. The maximum Gasteiger partial charge on any atom is 0.267 e. The molecule has 4 rings (SSSR count). The fourth-order valence-corrected chi connectivity index (χ4v) is 3.63. The summed E-state index contributed by atoms with van der Waals surface area (Å²) in [6.45, 7) is 1.73. The van der Waals surface area contributed by atoms with E-state index < -0.39 is 28.2 Å². The summed E-state index contributed by atoms with van der Waals surface area (Å²) < 4.78 is 0. The van der Waals surface area contributed by atoms with E-state index in [1.54, 1.807) is 19.1 Å². The zero-order valence-electron chi connectivity index (χ0n) is 16.9. The quantitative estimate of drug-likeness (QED) is 0.431. The average molecular weight is 482 g/mol. The van der Waals surface area contributed by atoms with Gasteiger partial charge in [-0.05, 0) is 78.2 Å². The number of nitrogens with zero attached hydrogens (tertiary/aromatic N) is 2. The summed E-state index contributed by atoms with van der Waals surface area (Å²) in [5, 5.41) is 0.863. The zero-order valence-corrected chi connectivity index (χ0v) is 18.4. The molecule has 1 N–H and O–H groups in total. The van der Waals surface area contributed by atoms with Crippen LogP contribution in [0.15, 0.2) is 54.7 Å². The highest BCUT2D eigenvalue weighted by Crippen LogP contribution is 2.30. The second-order valence-electron chi connectivity index (χ2n) is 7.15. The van der Waals surface area contributed by atoms with Crippen LogP contribution in [0.4, 0.5) is 11.5 Å². The largest absolute Gasteiger partial charge is 0.322 e. The Hall–Kier alpha value is -3.88. The number of benzene rings is 2. The Morgan fingerprint density at radius 1 is 0.848 bits per heavy atom. The third-order valence-corrected chi connectivity index (χ3v) is 5.42. The highest BCUT2D eigenvalue weighted by molar-refractivity contribution is 6.69. The van der Waals surface area contributed by atoms with Gasteiger partial charge in [-0.25, -0.2) is 9.88 Å². The average Bonchev–Trinajstić information content (AvgIpc) is 3.03. The molecule has 2 aromatic carbocycles. The van der Waals surface area contributed by atoms with Gasteiger partial charge < -0.3 is 5.32 Å². The van der Waals surface area contributed by atoms with Gasteiger partial charge >= 0.3 is 0 Å². The molecule has 1 aliphatic rings. The zero-order chi connectivity index (χ0) is 23.9. The van der Waals surface area contributed by atoms with Crippen LogP contribution in [-0.2, 0) is 0 Å². The van der Waals surface area contributed by atoms with Crippen molar-refractivity contribution in [2.45, 2.75) is 6.92 Å². The molecule has 3 aromatic rings. The molecule has 0 spiro atoms. The summed E-state index contributed by atoms with van der Waals surface area (Å²) in [6, 6.07) is 11.3. The van der Waals surface area contributed by atoms with Crippen LogP contribution in [0, 0.1) is 6.92 Å². The van der Waals surface area contributed by atoms with Crippen LogP contribution in [0.3, 0.4) is 0 Å². The number of imide groups is 1. The number of fused-ring (bicyclic) bond motifs is 1. The van der Waals surface area contributed by atoms with Crippen LogP contribution in [-0.4, -0.2) is 33.2 Å². The Balaban J connectivity index is 1.65. The van der Waals surface area contributed by atoms with Gasteiger partial charge in [-0.3, -0.25) is 24.0 Å². The number of nitrogens with one attached hydrogen (secondary N) is 1. The molecule has 164 valence electrons. The van der Waals surface area contributed by atoms with Crippen LogP contribution >= 0.6 is 23.2 Å². The van der Waals surface area contributed by atoms with Gasteiger partial charge in [0.25, 0.3) is 28.2 Å². The molecule has 0 atom stereocenters. The number of aromatic nitrogens is 1. The highest BCUT2D eigenvalue weighted by Gasteiger charge is 2.38. The number of amides is 3.